The molecule has 1 aromatic heterocycles. The minimum absolute atomic E-state index is 0. The SMILES string of the molecule is CCn1cc(C(N)=O)cn1.Cl. The largest absolute Gasteiger partial charge is 0.366 e. The maximum absolute atomic E-state index is 10.5. The van der Waals surface area contributed by atoms with Crippen LogP contribution in [-0.2, 0) is 6.54 Å². The number of hydrogen-bond donors (Lipinski definition) is 1. The number of nitrogens with zero attached hydrogens (tertiary/aromatic N) is 2. The summed E-state index contributed by atoms with van der Waals surface area (Å²) in [4.78, 5) is 10.5. The van der Waals surface area contributed by atoms with Crippen LogP contribution in [0, 0.1) is 0 Å². The maximum atomic E-state index is 10.5. The summed E-state index contributed by atoms with van der Waals surface area (Å²) in [6.45, 7) is 2.70. The monoisotopic (exact) mass is 175 g/mol. The van der Waals surface area contributed by atoms with Crippen LogP contribution in [0.15, 0.2) is 12.4 Å². The van der Waals surface area contributed by atoms with Gasteiger partial charge in [-0.1, -0.05) is 0 Å². The van der Waals surface area contributed by atoms with Crippen LogP contribution in [0.4, 0.5) is 0 Å². The van der Waals surface area contributed by atoms with Crippen LogP contribution in [0.1, 0.15) is 17.3 Å². The van der Waals surface area contributed by atoms with Crippen molar-refractivity contribution in [3.8, 4) is 0 Å². The fraction of sp³-hybridized carbons (Fsp3) is 0.333. The highest BCUT2D eigenvalue weighted by atomic mass is 35.5. The summed E-state index contributed by atoms with van der Waals surface area (Å²) < 4.78 is 1.65. The number of hydrogen-bond acceptors (Lipinski definition) is 2. The molecular formula is C6H10ClN3O. The predicted molar refractivity (Wildman–Crippen MR) is 43.7 cm³/mol. The van der Waals surface area contributed by atoms with Crippen molar-refractivity contribution in [2.45, 2.75) is 13.5 Å². The number of rotatable bonds is 2. The summed E-state index contributed by atoms with van der Waals surface area (Å²) >= 11 is 0. The lowest BCUT2D eigenvalue weighted by atomic mass is 10.3. The first-order chi connectivity index (χ1) is 4.74. The standard InChI is InChI=1S/C6H9N3O.ClH/c1-2-9-4-5(3-8-9)6(7)10;/h3-4H,2H2,1H3,(H2,7,10);1H. The van der Waals surface area contributed by atoms with Crippen LogP contribution in [0.5, 0.6) is 0 Å². The third-order valence-corrected chi connectivity index (χ3v) is 1.24. The van der Waals surface area contributed by atoms with E-state index in [1.165, 1.54) is 6.20 Å². The second-order valence-corrected chi connectivity index (χ2v) is 1.95. The number of halogens is 1. The van der Waals surface area contributed by atoms with Crippen LogP contribution >= 0.6 is 12.4 Å². The Labute approximate surface area is 70.8 Å². The lowest BCUT2D eigenvalue weighted by Crippen LogP contribution is -2.09. The highest BCUT2D eigenvalue weighted by Gasteiger charge is 2.01. The number of aryl methyl sites for hydroxylation is 1. The van der Waals surface area contributed by atoms with Gasteiger partial charge >= 0.3 is 0 Å². The molecule has 2 N–H and O–H groups in total. The van der Waals surface area contributed by atoms with Gasteiger partial charge in [0.15, 0.2) is 0 Å². The van der Waals surface area contributed by atoms with Gasteiger partial charge in [0.05, 0.1) is 11.8 Å². The molecule has 0 aliphatic carbocycles. The molecule has 0 saturated carbocycles. The average Bonchev–Trinajstić information content (AvgIpc) is 2.34. The van der Waals surface area contributed by atoms with E-state index in [1.807, 2.05) is 6.92 Å². The molecule has 0 bridgehead atoms. The maximum Gasteiger partial charge on any atom is 0.251 e. The van der Waals surface area contributed by atoms with Gasteiger partial charge in [-0.15, -0.1) is 12.4 Å². The smallest absolute Gasteiger partial charge is 0.251 e. The number of aromatic nitrogens is 2. The number of amides is 1. The lowest BCUT2D eigenvalue weighted by Gasteiger charge is -1.89. The molecule has 0 saturated heterocycles. The molecule has 11 heavy (non-hydrogen) atoms. The van der Waals surface area contributed by atoms with Gasteiger partial charge in [0.1, 0.15) is 0 Å². The van der Waals surface area contributed by atoms with Gasteiger partial charge in [-0.2, -0.15) is 5.10 Å². The fourth-order valence-corrected chi connectivity index (χ4v) is 0.664. The summed E-state index contributed by atoms with van der Waals surface area (Å²) in [7, 11) is 0. The summed E-state index contributed by atoms with van der Waals surface area (Å²) in [5.74, 6) is -0.431. The molecule has 62 valence electrons. The molecule has 1 aromatic rings. The molecule has 0 fully saturated rings. The number of carbonyl (C=O) groups excluding carboxylic acids is 1. The summed E-state index contributed by atoms with van der Waals surface area (Å²) in [6.07, 6.45) is 3.09. The second-order valence-electron chi connectivity index (χ2n) is 1.95. The Morgan fingerprint density at radius 2 is 2.45 bits per heavy atom. The zero-order valence-electron chi connectivity index (χ0n) is 6.15. The van der Waals surface area contributed by atoms with Gasteiger partial charge in [0.25, 0.3) is 5.91 Å². The topological polar surface area (TPSA) is 60.9 Å². The van der Waals surface area contributed by atoms with E-state index >= 15 is 0 Å². The minimum Gasteiger partial charge on any atom is -0.366 e. The molecule has 0 radical (unpaired) electrons. The minimum atomic E-state index is -0.431. The molecule has 1 rings (SSSR count). The molecule has 0 aliphatic rings. The van der Waals surface area contributed by atoms with Crippen LogP contribution in [-0.4, -0.2) is 15.7 Å². The average molecular weight is 176 g/mol. The van der Waals surface area contributed by atoms with Crippen molar-refractivity contribution in [1.29, 1.82) is 0 Å². The molecule has 0 unspecified atom stereocenters. The van der Waals surface area contributed by atoms with Gasteiger partial charge in [0.2, 0.25) is 0 Å². The zero-order valence-corrected chi connectivity index (χ0v) is 6.97. The molecule has 1 heterocycles. The van der Waals surface area contributed by atoms with Crippen molar-refractivity contribution < 1.29 is 4.79 Å². The highest BCUT2D eigenvalue weighted by molar-refractivity contribution is 5.92. The van der Waals surface area contributed by atoms with Crippen molar-refractivity contribution in [2.24, 2.45) is 5.73 Å². The Kier molecular flexibility index (Phi) is 3.60. The van der Waals surface area contributed by atoms with Crippen LogP contribution in [0.25, 0.3) is 0 Å². The van der Waals surface area contributed by atoms with Crippen molar-refractivity contribution >= 4 is 18.3 Å². The van der Waals surface area contributed by atoms with Crippen molar-refractivity contribution in [1.82, 2.24) is 9.78 Å². The molecule has 0 aromatic carbocycles. The molecule has 0 aliphatic heterocycles. The molecule has 0 spiro atoms. The Balaban J connectivity index is 0.000001000. The first kappa shape index (κ1) is 9.97. The lowest BCUT2D eigenvalue weighted by molar-refractivity contribution is 0.1000. The molecule has 5 heteroatoms. The Morgan fingerprint density at radius 3 is 2.73 bits per heavy atom. The molecule has 1 amide bonds. The summed E-state index contributed by atoms with van der Waals surface area (Å²) in [6, 6.07) is 0. The van der Waals surface area contributed by atoms with Gasteiger partial charge < -0.3 is 5.73 Å². The van der Waals surface area contributed by atoms with Gasteiger partial charge in [-0.05, 0) is 6.92 Å². The van der Waals surface area contributed by atoms with E-state index in [1.54, 1.807) is 10.9 Å². The van der Waals surface area contributed by atoms with E-state index in [2.05, 4.69) is 5.10 Å². The Bertz CT molecular complexity index is 246. The zero-order chi connectivity index (χ0) is 7.56. The van der Waals surface area contributed by atoms with E-state index in [9.17, 15) is 4.79 Å². The van der Waals surface area contributed by atoms with Gasteiger partial charge in [-0.3, -0.25) is 9.48 Å². The summed E-state index contributed by atoms with van der Waals surface area (Å²) in [5.41, 5.74) is 5.45. The van der Waals surface area contributed by atoms with E-state index in [0.717, 1.165) is 6.54 Å². The molecule has 0 atom stereocenters. The summed E-state index contributed by atoms with van der Waals surface area (Å²) in [5, 5.41) is 3.87. The van der Waals surface area contributed by atoms with Gasteiger partial charge in [-0.25, -0.2) is 0 Å². The van der Waals surface area contributed by atoms with Crippen molar-refractivity contribution in [2.75, 3.05) is 0 Å². The van der Waals surface area contributed by atoms with Gasteiger partial charge in [0, 0.05) is 12.7 Å². The number of carbonyl (C=O) groups is 1. The van der Waals surface area contributed by atoms with E-state index in [0.29, 0.717) is 5.56 Å². The predicted octanol–water partition coefficient (Wildman–Crippen LogP) is 0.424. The van der Waals surface area contributed by atoms with Crippen molar-refractivity contribution in [3.63, 3.8) is 0 Å². The third-order valence-electron chi connectivity index (χ3n) is 1.24. The first-order valence-corrected chi connectivity index (χ1v) is 3.06. The third kappa shape index (κ3) is 2.23. The van der Waals surface area contributed by atoms with E-state index in [4.69, 9.17) is 5.73 Å². The fourth-order valence-electron chi connectivity index (χ4n) is 0.664. The normalized spacial score (nSPS) is 8.82. The second kappa shape index (κ2) is 3.98. The highest BCUT2D eigenvalue weighted by Crippen LogP contribution is 1.94. The number of primary amides is 1. The van der Waals surface area contributed by atoms with Crippen molar-refractivity contribution in [3.05, 3.63) is 18.0 Å². The molecular weight excluding hydrogens is 166 g/mol. The Hall–Kier alpha value is -1.03. The quantitative estimate of drug-likeness (QED) is 0.709. The van der Waals surface area contributed by atoms with E-state index < -0.39 is 5.91 Å². The first-order valence-electron chi connectivity index (χ1n) is 3.06. The van der Waals surface area contributed by atoms with Crippen LogP contribution in [0.3, 0.4) is 0 Å². The van der Waals surface area contributed by atoms with E-state index in [-0.39, 0.29) is 12.4 Å². The number of nitrogens with two attached hydrogens (primary N) is 1. The molecule has 4 nitrogen and oxygen atoms in total. The Morgan fingerprint density at radius 1 is 1.82 bits per heavy atom. The van der Waals surface area contributed by atoms with Crippen LogP contribution < -0.4 is 5.73 Å². The van der Waals surface area contributed by atoms with Crippen LogP contribution in [0.2, 0.25) is 0 Å².